The number of hydrogen-bond acceptors (Lipinski definition) is 3. The Kier molecular flexibility index (Phi) is 2.45. The number of pyridine rings is 1. The second-order valence-corrected chi connectivity index (χ2v) is 4.50. The maximum atomic E-state index is 6.17. The van der Waals surface area contributed by atoms with Gasteiger partial charge in [-0.2, -0.15) is 5.10 Å². The molecule has 0 amide bonds. The third-order valence-corrected chi connectivity index (χ3v) is 3.16. The van der Waals surface area contributed by atoms with Crippen LogP contribution in [-0.4, -0.2) is 14.8 Å². The predicted molar refractivity (Wildman–Crippen MR) is 73.0 cm³/mol. The van der Waals surface area contributed by atoms with Crippen LogP contribution in [0, 0.1) is 6.92 Å². The van der Waals surface area contributed by atoms with Crippen LogP contribution in [0.1, 0.15) is 5.69 Å². The summed E-state index contributed by atoms with van der Waals surface area (Å²) < 4.78 is 1.78. The first-order valence-electron chi connectivity index (χ1n) is 5.52. The highest BCUT2D eigenvalue weighted by Crippen LogP contribution is 2.27. The van der Waals surface area contributed by atoms with Crippen LogP contribution >= 0.6 is 11.6 Å². The molecule has 0 radical (unpaired) electrons. The van der Waals surface area contributed by atoms with Gasteiger partial charge >= 0.3 is 0 Å². The topological polar surface area (TPSA) is 56.7 Å². The maximum Gasteiger partial charge on any atom is 0.146 e. The Morgan fingerprint density at radius 3 is 2.83 bits per heavy atom. The monoisotopic (exact) mass is 258 g/mol. The number of fused-ring (bicyclic) bond motifs is 1. The summed E-state index contributed by atoms with van der Waals surface area (Å²) in [5.41, 5.74) is 8.37. The first-order chi connectivity index (χ1) is 8.66. The molecule has 5 heteroatoms. The van der Waals surface area contributed by atoms with E-state index in [0.29, 0.717) is 10.8 Å². The fourth-order valence-corrected chi connectivity index (χ4v) is 2.25. The molecule has 0 spiro atoms. The summed E-state index contributed by atoms with van der Waals surface area (Å²) in [4.78, 5) is 4.38. The molecule has 0 saturated carbocycles. The van der Waals surface area contributed by atoms with Gasteiger partial charge in [0.2, 0.25) is 0 Å². The normalized spacial score (nSPS) is 11.0. The highest BCUT2D eigenvalue weighted by atomic mass is 35.5. The molecule has 0 fully saturated rings. The molecule has 0 unspecified atom stereocenters. The molecule has 2 aromatic heterocycles. The van der Waals surface area contributed by atoms with E-state index in [1.807, 2.05) is 37.3 Å². The molecule has 90 valence electrons. The molecule has 3 aromatic rings. The summed E-state index contributed by atoms with van der Waals surface area (Å²) in [6.07, 6.45) is 1.74. The lowest BCUT2D eigenvalue weighted by molar-refractivity contribution is 0.856. The summed E-state index contributed by atoms with van der Waals surface area (Å²) in [5.74, 6) is 0.492. The van der Waals surface area contributed by atoms with E-state index in [4.69, 9.17) is 17.3 Å². The van der Waals surface area contributed by atoms with Crippen molar-refractivity contribution in [2.75, 3.05) is 5.73 Å². The van der Waals surface area contributed by atoms with Crippen molar-refractivity contribution in [2.45, 2.75) is 6.92 Å². The van der Waals surface area contributed by atoms with Gasteiger partial charge in [0.1, 0.15) is 5.82 Å². The number of nitrogen functional groups attached to an aromatic ring is 1. The van der Waals surface area contributed by atoms with Gasteiger partial charge in [0.15, 0.2) is 0 Å². The Balaban J connectivity index is 2.37. The third-order valence-electron chi connectivity index (χ3n) is 2.83. The number of rotatable bonds is 1. The molecule has 0 bridgehead atoms. The highest BCUT2D eigenvalue weighted by Gasteiger charge is 2.10. The Labute approximate surface area is 109 Å². The van der Waals surface area contributed by atoms with Crippen molar-refractivity contribution >= 4 is 28.3 Å². The van der Waals surface area contributed by atoms with Crippen molar-refractivity contribution in [1.29, 1.82) is 0 Å². The minimum atomic E-state index is 0.492. The van der Waals surface area contributed by atoms with E-state index in [1.165, 1.54) is 0 Å². The number of nitrogens with two attached hydrogens (primary N) is 1. The van der Waals surface area contributed by atoms with E-state index in [0.717, 1.165) is 22.3 Å². The quantitative estimate of drug-likeness (QED) is 0.730. The van der Waals surface area contributed by atoms with Crippen LogP contribution in [0.5, 0.6) is 0 Å². The number of hydrogen-bond donors (Lipinski definition) is 1. The van der Waals surface area contributed by atoms with Gasteiger partial charge in [0.25, 0.3) is 0 Å². The first kappa shape index (κ1) is 11.0. The average molecular weight is 259 g/mol. The van der Waals surface area contributed by atoms with Gasteiger partial charge in [-0.3, -0.25) is 4.98 Å². The molecular formula is C13H11ClN4. The summed E-state index contributed by atoms with van der Waals surface area (Å²) in [5, 5.41) is 5.86. The molecule has 2 heterocycles. The van der Waals surface area contributed by atoms with Crippen LogP contribution in [0.25, 0.3) is 16.6 Å². The molecule has 0 aliphatic rings. The number of halogens is 1. The SMILES string of the molecule is Cc1cc(N)nn1-c1ccc(Cl)c2cccnc12. The molecule has 0 saturated heterocycles. The fourth-order valence-electron chi connectivity index (χ4n) is 2.04. The number of nitrogens with zero attached hydrogens (tertiary/aromatic N) is 3. The minimum Gasteiger partial charge on any atom is -0.382 e. The highest BCUT2D eigenvalue weighted by molar-refractivity contribution is 6.35. The van der Waals surface area contributed by atoms with Gasteiger partial charge in [0, 0.05) is 23.3 Å². The van der Waals surface area contributed by atoms with E-state index in [-0.39, 0.29) is 0 Å². The van der Waals surface area contributed by atoms with E-state index in [1.54, 1.807) is 10.9 Å². The molecule has 18 heavy (non-hydrogen) atoms. The molecule has 1 aromatic carbocycles. The average Bonchev–Trinajstić information content (AvgIpc) is 2.69. The van der Waals surface area contributed by atoms with Crippen LogP contribution in [0.4, 0.5) is 5.82 Å². The largest absolute Gasteiger partial charge is 0.382 e. The van der Waals surface area contributed by atoms with Crippen molar-refractivity contribution in [1.82, 2.24) is 14.8 Å². The fraction of sp³-hybridized carbons (Fsp3) is 0.0769. The van der Waals surface area contributed by atoms with Gasteiger partial charge in [-0.15, -0.1) is 0 Å². The lowest BCUT2D eigenvalue weighted by Crippen LogP contribution is -2.01. The standard InChI is InChI=1S/C13H11ClN4/c1-8-7-12(15)17-18(8)11-5-4-10(14)9-3-2-6-16-13(9)11/h2-7H,1H3,(H2,15,17). The zero-order valence-electron chi connectivity index (χ0n) is 9.76. The van der Waals surface area contributed by atoms with Crippen molar-refractivity contribution in [3.8, 4) is 5.69 Å². The van der Waals surface area contributed by atoms with Crippen molar-refractivity contribution in [3.63, 3.8) is 0 Å². The summed E-state index contributed by atoms with van der Waals surface area (Å²) >= 11 is 6.17. The molecule has 0 aliphatic carbocycles. The summed E-state index contributed by atoms with van der Waals surface area (Å²) in [7, 11) is 0. The molecule has 4 nitrogen and oxygen atoms in total. The smallest absolute Gasteiger partial charge is 0.146 e. The second kappa shape index (κ2) is 3.99. The number of aromatic nitrogens is 3. The number of aryl methyl sites for hydroxylation is 1. The summed E-state index contributed by atoms with van der Waals surface area (Å²) in [6, 6.07) is 9.37. The lowest BCUT2D eigenvalue weighted by atomic mass is 10.2. The lowest BCUT2D eigenvalue weighted by Gasteiger charge is -2.08. The Bertz CT molecular complexity index is 733. The van der Waals surface area contributed by atoms with E-state index in [9.17, 15) is 0 Å². The molecular weight excluding hydrogens is 248 g/mol. The van der Waals surface area contributed by atoms with E-state index < -0.39 is 0 Å². The van der Waals surface area contributed by atoms with Crippen molar-refractivity contribution in [2.24, 2.45) is 0 Å². The minimum absolute atomic E-state index is 0.492. The van der Waals surface area contributed by atoms with Gasteiger partial charge in [-0.05, 0) is 31.2 Å². The third kappa shape index (κ3) is 1.62. The van der Waals surface area contributed by atoms with Crippen LogP contribution in [0.3, 0.4) is 0 Å². The van der Waals surface area contributed by atoms with Crippen molar-refractivity contribution < 1.29 is 0 Å². The zero-order chi connectivity index (χ0) is 12.7. The van der Waals surface area contributed by atoms with Crippen molar-refractivity contribution in [3.05, 3.63) is 47.2 Å². The van der Waals surface area contributed by atoms with E-state index >= 15 is 0 Å². The first-order valence-corrected chi connectivity index (χ1v) is 5.90. The van der Waals surface area contributed by atoms with Gasteiger partial charge in [0.05, 0.1) is 16.2 Å². The van der Waals surface area contributed by atoms with E-state index in [2.05, 4.69) is 10.1 Å². The van der Waals surface area contributed by atoms with Crippen LogP contribution in [0.2, 0.25) is 5.02 Å². The predicted octanol–water partition coefficient (Wildman–Crippen LogP) is 2.96. The molecule has 2 N–H and O–H groups in total. The van der Waals surface area contributed by atoms with Crippen LogP contribution < -0.4 is 5.73 Å². The number of anilines is 1. The maximum absolute atomic E-state index is 6.17. The Morgan fingerprint density at radius 2 is 2.11 bits per heavy atom. The van der Waals surface area contributed by atoms with Gasteiger partial charge in [-0.1, -0.05) is 11.6 Å². The molecule has 0 atom stereocenters. The second-order valence-electron chi connectivity index (χ2n) is 4.09. The van der Waals surface area contributed by atoms with Gasteiger partial charge < -0.3 is 5.73 Å². The Hall–Kier alpha value is -2.07. The molecule has 3 rings (SSSR count). The Morgan fingerprint density at radius 1 is 1.28 bits per heavy atom. The van der Waals surface area contributed by atoms with Crippen LogP contribution in [0.15, 0.2) is 36.5 Å². The van der Waals surface area contributed by atoms with Crippen LogP contribution in [-0.2, 0) is 0 Å². The molecule has 0 aliphatic heterocycles. The number of benzene rings is 1. The zero-order valence-corrected chi connectivity index (χ0v) is 10.5. The van der Waals surface area contributed by atoms with Gasteiger partial charge in [-0.25, -0.2) is 4.68 Å². The summed E-state index contributed by atoms with van der Waals surface area (Å²) in [6.45, 7) is 1.95.